The summed E-state index contributed by atoms with van der Waals surface area (Å²) in [5.74, 6) is 0.0145. The summed E-state index contributed by atoms with van der Waals surface area (Å²) in [6, 6.07) is 4.15. The van der Waals surface area contributed by atoms with Gasteiger partial charge in [-0.3, -0.25) is 0 Å². The summed E-state index contributed by atoms with van der Waals surface area (Å²) in [5.41, 5.74) is 11.3. The molecule has 0 amide bonds. The Morgan fingerprint density at radius 2 is 1.93 bits per heavy atom. The zero-order valence-corrected chi connectivity index (χ0v) is 7.59. The monoisotopic (exact) mass is 198 g/mol. The predicted octanol–water partition coefficient (Wildman–Crippen LogP) is -0.673. The fourth-order valence-corrected chi connectivity index (χ4v) is 1.17. The molecule has 0 aliphatic carbocycles. The number of benzene rings is 1. The summed E-state index contributed by atoms with van der Waals surface area (Å²) >= 11 is 0. The van der Waals surface area contributed by atoms with Gasteiger partial charge in [-0.25, -0.2) is 0 Å². The van der Waals surface area contributed by atoms with Gasteiger partial charge < -0.3 is 26.8 Å². The van der Waals surface area contributed by atoms with Crippen LogP contribution in [0.3, 0.4) is 0 Å². The Bertz CT molecular complexity index is 317. The number of anilines is 1. The van der Waals surface area contributed by atoms with E-state index in [2.05, 4.69) is 0 Å². The van der Waals surface area contributed by atoms with Gasteiger partial charge in [0.15, 0.2) is 0 Å². The number of aliphatic hydroxyl groups is 2. The Balaban J connectivity index is 2.95. The fourth-order valence-electron chi connectivity index (χ4n) is 1.17. The molecule has 1 aromatic rings. The fraction of sp³-hybridized carbons (Fsp3) is 0.333. The second kappa shape index (κ2) is 4.28. The van der Waals surface area contributed by atoms with Crippen LogP contribution in [-0.4, -0.2) is 28.0 Å². The van der Waals surface area contributed by atoms with Crippen LogP contribution in [0.15, 0.2) is 18.2 Å². The Morgan fingerprint density at radius 3 is 2.43 bits per heavy atom. The van der Waals surface area contributed by atoms with Gasteiger partial charge in [0.1, 0.15) is 11.9 Å². The lowest BCUT2D eigenvalue weighted by atomic mass is 10.0. The minimum Gasteiger partial charge on any atom is -0.508 e. The Kier molecular flexibility index (Phi) is 3.29. The van der Waals surface area contributed by atoms with Gasteiger partial charge in [0.25, 0.3) is 0 Å². The molecule has 0 bridgehead atoms. The van der Waals surface area contributed by atoms with E-state index in [0.29, 0.717) is 5.56 Å². The third kappa shape index (κ3) is 2.14. The standard InChI is InChI=1S/C9H14N2O3/c10-4-8(13)9(14)6-2-1-5(12)3-7(6)11/h1-3,8-9,12-14H,4,10-11H2. The zero-order valence-electron chi connectivity index (χ0n) is 7.59. The molecule has 1 aromatic carbocycles. The molecule has 14 heavy (non-hydrogen) atoms. The van der Waals surface area contributed by atoms with Crippen molar-refractivity contribution in [3.8, 4) is 5.75 Å². The smallest absolute Gasteiger partial charge is 0.117 e. The highest BCUT2D eigenvalue weighted by molar-refractivity contribution is 5.52. The maximum absolute atomic E-state index is 9.57. The van der Waals surface area contributed by atoms with Crippen LogP contribution in [0.2, 0.25) is 0 Å². The second-order valence-electron chi connectivity index (χ2n) is 3.06. The first kappa shape index (κ1) is 10.8. The topological polar surface area (TPSA) is 113 Å². The maximum Gasteiger partial charge on any atom is 0.117 e. The second-order valence-corrected chi connectivity index (χ2v) is 3.06. The van der Waals surface area contributed by atoms with Crippen molar-refractivity contribution < 1.29 is 15.3 Å². The van der Waals surface area contributed by atoms with Gasteiger partial charge in [-0.1, -0.05) is 6.07 Å². The van der Waals surface area contributed by atoms with E-state index < -0.39 is 12.2 Å². The van der Waals surface area contributed by atoms with E-state index in [0.717, 1.165) is 0 Å². The number of phenols is 1. The van der Waals surface area contributed by atoms with Gasteiger partial charge >= 0.3 is 0 Å². The summed E-state index contributed by atoms with van der Waals surface area (Å²) < 4.78 is 0. The lowest BCUT2D eigenvalue weighted by molar-refractivity contribution is 0.0247. The molecular weight excluding hydrogens is 184 g/mol. The van der Waals surface area contributed by atoms with E-state index in [1.165, 1.54) is 18.2 Å². The molecule has 2 atom stereocenters. The van der Waals surface area contributed by atoms with Crippen molar-refractivity contribution in [2.45, 2.75) is 12.2 Å². The first-order valence-corrected chi connectivity index (χ1v) is 4.21. The Hall–Kier alpha value is -1.30. The summed E-state index contributed by atoms with van der Waals surface area (Å²) in [6.07, 6.45) is -2.18. The SMILES string of the molecule is NCC(O)C(O)c1ccc(O)cc1N. The summed E-state index contributed by atoms with van der Waals surface area (Å²) in [7, 11) is 0. The number of nitrogen functional groups attached to an aromatic ring is 1. The number of nitrogens with two attached hydrogens (primary N) is 2. The summed E-state index contributed by atoms with van der Waals surface area (Å²) in [5, 5.41) is 27.9. The van der Waals surface area contributed by atoms with Crippen molar-refractivity contribution in [2.24, 2.45) is 5.73 Å². The molecule has 0 radical (unpaired) electrons. The molecule has 0 saturated heterocycles. The van der Waals surface area contributed by atoms with Gasteiger partial charge in [0.2, 0.25) is 0 Å². The van der Waals surface area contributed by atoms with Crippen LogP contribution >= 0.6 is 0 Å². The zero-order chi connectivity index (χ0) is 10.7. The number of rotatable bonds is 3. The average molecular weight is 198 g/mol. The van der Waals surface area contributed by atoms with E-state index in [9.17, 15) is 10.2 Å². The summed E-state index contributed by atoms with van der Waals surface area (Å²) in [4.78, 5) is 0. The molecule has 0 spiro atoms. The van der Waals surface area contributed by atoms with Crippen LogP contribution < -0.4 is 11.5 Å². The Morgan fingerprint density at radius 1 is 1.29 bits per heavy atom. The third-order valence-corrected chi connectivity index (χ3v) is 1.99. The molecule has 0 aromatic heterocycles. The molecular formula is C9H14N2O3. The van der Waals surface area contributed by atoms with E-state index in [4.69, 9.17) is 16.6 Å². The highest BCUT2D eigenvalue weighted by Gasteiger charge is 2.18. The van der Waals surface area contributed by atoms with Crippen LogP contribution in [0.1, 0.15) is 11.7 Å². The largest absolute Gasteiger partial charge is 0.508 e. The molecule has 78 valence electrons. The van der Waals surface area contributed by atoms with E-state index in [1.54, 1.807) is 0 Å². The normalized spacial score (nSPS) is 15.1. The number of aromatic hydroxyl groups is 1. The molecule has 1 rings (SSSR count). The average Bonchev–Trinajstić information content (AvgIpc) is 2.15. The highest BCUT2D eigenvalue weighted by Crippen LogP contribution is 2.26. The predicted molar refractivity (Wildman–Crippen MR) is 52.5 cm³/mol. The van der Waals surface area contributed by atoms with Crippen LogP contribution in [0, 0.1) is 0 Å². The maximum atomic E-state index is 9.57. The Labute approximate surface area is 81.6 Å². The lowest BCUT2D eigenvalue weighted by Gasteiger charge is -2.18. The van der Waals surface area contributed by atoms with Crippen molar-refractivity contribution in [3.63, 3.8) is 0 Å². The first-order chi connectivity index (χ1) is 6.56. The summed E-state index contributed by atoms with van der Waals surface area (Å²) in [6.45, 7) is -0.0541. The van der Waals surface area contributed by atoms with Gasteiger partial charge in [0, 0.05) is 23.9 Å². The van der Waals surface area contributed by atoms with Crippen LogP contribution in [0.25, 0.3) is 0 Å². The number of hydrogen-bond acceptors (Lipinski definition) is 5. The van der Waals surface area contributed by atoms with E-state index in [-0.39, 0.29) is 18.0 Å². The van der Waals surface area contributed by atoms with Crippen LogP contribution in [-0.2, 0) is 0 Å². The van der Waals surface area contributed by atoms with Crippen molar-refractivity contribution in [1.82, 2.24) is 0 Å². The van der Waals surface area contributed by atoms with Gasteiger partial charge in [0.05, 0.1) is 6.10 Å². The minimum absolute atomic E-state index is 0.0145. The molecule has 0 saturated carbocycles. The van der Waals surface area contributed by atoms with E-state index >= 15 is 0 Å². The number of phenolic OH excluding ortho intramolecular Hbond substituents is 1. The van der Waals surface area contributed by atoms with E-state index in [1.807, 2.05) is 0 Å². The lowest BCUT2D eigenvalue weighted by Crippen LogP contribution is -2.27. The van der Waals surface area contributed by atoms with Gasteiger partial charge in [-0.05, 0) is 6.07 Å². The third-order valence-electron chi connectivity index (χ3n) is 1.99. The molecule has 5 heteroatoms. The number of aliphatic hydroxyl groups excluding tert-OH is 2. The number of hydrogen-bond donors (Lipinski definition) is 5. The molecule has 0 aliphatic heterocycles. The molecule has 7 N–H and O–H groups in total. The molecule has 5 nitrogen and oxygen atoms in total. The van der Waals surface area contributed by atoms with Gasteiger partial charge in [-0.15, -0.1) is 0 Å². The molecule has 2 unspecified atom stereocenters. The molecule has 0 heterocycles. The van der Waals surface area contributed by atoms with Gasteiger partial charge in [-0.2, -0.15) is 0 Å². The van der Waals surface area contributed by atoms with Crippen molar-refractivity contribution in [2.75, 3.05) is 12.3 Å². The minimum atomic E-state index is -1.12. The first-order valence-electron chi connectivity index (χ1n) is 4.21. The highest BCUT2D eigenvalue weighted by atomic mass is 16.3. The molecule has 0 fully saturated rings. The van der Waals surface area contributed by atoms with Crippen LogP contribution in [0.5, 0.6) is 5.75 Å². The molecule has 0 aliphatic rings. The van der Waals surface area contributed by atoms with Crippen molar-refractivity contribution >= 4 is 5.69 Å². The van der Waals surface area contributed by atoms with Crippen LogP contribution in [0.4, 0.5) is 5.69 Å². The quantitative estimate of drug-likeness (QED) is 0.413. The van der Waals surface area contributed by atoms with Crippen molar-refractivity contribution in [3.05, 3.63) is 23.8 Å². The van der Waals surface area contributed by atoms with Crippen molar-refractivity contribution in [1.29, 1.82) is 0 Å².